The number of hydrogen-bond acceptors (Lipinski definition) is 4. The molecule has 1 saturated heterocycles. The van der Waals surface area contributed by atoms with Crippen LogP contribution in [0.15, 0.2) is 49.3 Å². The summed E-state index contributed by atoms with van der Waals surface area (Å²) in [5, 5.41) is 6.68. The Balaban J connectivity index is 1.46. The molecular weight excluding hydrogens is 304 g/mol. The van der Waals surface area contributed by atoms with Crippen molar-refractivity contribution in [3.8, 4) is 11.4 Å². The molecule has 0 spiro atoms. The maximum Gasteiger partial charge on any atom is 0.253 e. The molecule has 24 heavy (non-hydrogen) atoms. The SMILES string of the molecule is O=C(c1cccc(-c2ncn[nH]2)c1)N1CCC(n2ccnc2)CC1. The molecule has 7 heteroatoms. The third kappa shape index (κ3) is 2.80. The van der Waals surface area contributed by atoms with E-state index < -0.39 is 0 Å². The summed E-state index contributed by atoms with van der Waals surface area (Å²) in [6.07, 6.45) is 9.00. The molecule has 1 N–H and O–H groups in total. The molecule has 1 aliphatic heterocycles. The Labute approximate surface area is 139 Å². The Kier molecular flexibility index (Phi) is 3.82. The largest absolute Gasteiger partial charge is 0.338 e. The first kappa shape index (κ1) is 14.6. The molecule has 0 aliphatic carbocycles. The molecule has 0 saturated carbocycles. The predicted molar refractivity (Wildman–Crippen MR) is 88.2 cm³/mol. The number of rotatable bonds is 3. The van der Waals surface area contributed by atoms with E-state index in [0.29, 0.717) is 17.4 Å². The van der Waals surface area contributed by atoms with Gasteiger partial charge in [0.05, 0.1) is 6.33 Å². The topological polar surface area (TPSA) is 79.7 Å². The summed E-state index contributed by atoms with van der Waals surface area (Å²) < 4.78 is 2.13. The van der Waals surface area contributed by atoms with E-state index in [1.165, 1.54) is 6.33 Å². The number of likely N-dealkylation sites (tertiary alicyclic amines) is 1. The number of amides is 1. The van der Waals surface area contributed by atoms with Gasteiger partial charge in [0.1, 0.15) is 6.33 Å². The molecule has 3 heterocycles. The van der Waals surface area contributed by atoms with Gasteiger partial charge in [0.25, 0.3) is 5.91 Å². The summed E-state index contributed by atoms with van der Waals surface area (Å²) in [7, 11) is 0. The van der Waals surface area contributed by atoms with Gasteiger partial charge in [-0.15, -0.1) is 0 Å². The Morgan fingerprint density at radius 3 is 2.83 bits per heavy atom. The Bertz CT molecular complexity index is 803. The van der Waals surface area contributed by atoms with Crippen molar-refractivity contribution in [2.24, 2.45) is 0 Å². The summed E-state index contributed by atoms with van der Waals surface area (Å²) in [4.78, 5) is 22.9. The normalized spacial score (nSPS) is 15.6. The summed E-state index contributed by atoms with van der Waals surface area (Å²) in [5.74, 6) is 0.740. The number of benzene rings is 1. The van der Waals surface area contributed by atoms with Crippen LogP contribution in [0.3, 0.4) is 0 Å². The van der Waals surface area contributed by atoms with E-state index in [1.807, 2.05) is 41.7 Å². The zero-order valence-corrected chi connectivity index (χ0v) is 13.2. The van der Waals surface area contributed by atoms with Crippen molar-refractivity contribution in [2.45, 2.75) is 18.9 Å². The van der Waals surface area contributed by atoms with Crippen molar-refractivity contribution >= 4 is 5.91 Å². The van der Waals surface area contributed by atoms with Gasteiger partial charge in [-0.2, -0.15) is 5.10 Å². The van der Waals surface area contributed by atoms with Gasteiger partial charge in [-0.05, 0) is 25.0 Å². The number of carbonyl (C=O) groups excluding carboxylic acids is 1. The highest BCUT2D eigenvalue weighted by Crippen LogP contribution is 2.24. The molecule has 1 aliphatic rings. The molecule has 1 amide bonds. The molecule has 3 aromatic rings. The van der Waals surface area contributed by atoms with Gasteiger partial charge < -0.3 is 9.47 Å². The number of carbonyl (C=O) groups is 1. The van der Waals surface area contributed by atoms with Crippen LogP contribution in [0, 0.1) is 0 Å². The minimum absolute atomic E-state index is 0.0699. The summed E-state index contributed by atoms with van der Waals surface area (Å²) >= 11 is 0. The monoisotopic (exact) mass is 322 g/mol. The fourth-order valence-corrected chi connectivity index (χ4v) is 3.18. The van der Waals surface area contributed by atoms with Crippen molar-refractivity contribution in [3.05, 3.63) is 54.9 Å². The van der Waals surface area contributed by atoms with Crippen molar-refractivity contribution in [3.63, 3.8) is 0 Å². The molecule has 7 nitrogen and oxygen atoms in total. The van der Waals surface area contributed by atoms with E-state index in [4.69, 9.17) is 0 Å². The second-order valence-electron chi connectivity index (χ2n) is 5.95. The van der Waals surface area contributed by atoms with Crippen molar-refractivity contribution in [2.75, 3.05) is 13.1 Å². The van der Waals surface area contributed by atoms with Gasteiger partial charge in [-0.3, -0.25) is 9.89 Å². The number of H-pyrrole nitrogens is 1. The van der Waals surface area contributed by atoms with Crippen LogP contribution in [-0.4, -0.2) is 48.6 Å². The standard InChI is InChI=1S/C17H18N6O/c24-17(14-3-1-2-13(10-14)16-19-11-20-21-16)22-7-4-15(5-8-22)23-9-6-18-12-23/h1-3,6,9-12,15H,4-5,7-8H2,(H,19,20,21). The highest BCUT2D eigenvalue weighted by Gasteiger charge is 2.24. The summed E-state index contributed by atoms with van der Waals surface area (Å²) in [6, 6.07) is 7.94. The number of imidazole rings is 1. The highest BCUT2D eigenvalue weighted by molar-refractivity contribution is 5.95. The number of nitrogens with one attached hydrogen (secondary N) is 1. The molecule has 0 unspecified atom stereocenters. The van der Waals surface area contributed by atoms with E-state index in [9.17, 15) is 4.79 Å². The van der Waals surface area contributed by atoms with Gasteiger partial charge >= 0.3 is 0 Å². The second-order valence-corrected chi connectivity index (χ2v) is 5.95. The molecule has 2 aromatic heterocycles. The van der Waals surface area contributed by atoms with Crippen LogP contribution in [0.2, 0.25) is 0 Å². The van der Waals surface area contributed by atoms with E-state index >= 15 is 0 Å². The van der Waals surface area contributed by atoms with Crippen molar-refractivity contribution in [1.82, 2.24) is 29.6 Å². The first-order valence-corrected chi connectivity index (χ1v) is 8.04. The van der Waals surface area contributed by atoms with Crippen LogP contribution in [-0.2, 0) is 0 Å². The maximum absolute atomic E-state index is 12.8. The van der Waals surface area contributed by atoms with Gasteiger partial charge in [0.2, 0.25) is 0 Å². The minimum atomic E-state index is 0.0699. The molecule has 0 radical (unpaired) electrons. The quantitative estimate of drug-likeness (QED) is 0.801. The van der Waals surface area contributed by atoms with E-state index in [1.54, 1.807) is 6.20 Å². The van der Waals surface area contributed by atoms with Gasteiger partial charge in [-0.25, -0.2) is 9.97 Å². The molecule has 0 atom stereocenters. The molecular formula is C17H18N6O. The zero-order valence-electron chi connectivity index (χ0n) is 13.2. The molecule has 0 bridgehead atoms. The zero-order chi connectivity index (χ0) is 16.4. The minimum Gasteiger partial charge on any atom is -0.338 e. The van der Waals surface area contributed by atoms with Crippen LogP contribution >= 0.6 is 0 Å². The maximum atomic E-state index is 12.8. The first-order chi connectivity index (χ1) is 11.8. The number of piperidine rings is 1. The van der Waals surface area contributed by atoms with Crippen LogP contribution in [0.25, 0.3) is 11.4 Å². The van der Waals surface area contributed by atoms with E-state index in [0.717, 1.165) is 31.5 Å². The van der Waals surface area contributed by atoms with Crippen LogP contribution in [0.5, 0.6) is 0 Å². The average molecular weight is 322 g/mol. The lowest BCUT2D eigenvalue weighted by Gasteiger charge is -2.32. The van der Waals surface area contributed by atoms with Crippen LogP contribution < -0.4 is 0 Å². The van der Waals surface area contributed by atoms with Crippen LogP contribution in [0.1, 0.15) is 29.2 Å². The Morgan fingerprint density at radius 1 is 1.25 bits per heavy atom. The fraction of sp³-hybridized carbons (Fsp3) is 0.294. The van der Waals surface area contributed by atoms with Crippen LogP contribution in [0.4, 0.5) is 0 Å². The van der Waals surface area contributed by atoms with Gasteiger partial charge in [-0.1, -0.05) is 12.1 Å². The summed E-state index contributed by atoms with van der Waals surface area (Å²) in [6.45, 7) is 1.52. The van der Waals surface area contributed by atoms with E-state index in [2.05, 4.69) is 24.7 Å². The van der Waals surface area contributed by atoms with Crippen molar-refractivity contribution in [1.29, 1.82) is 0 Å². The number of nitrogens with zero attached hydrogens (tertiary/aromatic N) is 5. The Morgan fingerprint density at radius 2 is 2.12 bits per heavy atom. The number of aromatic nitrogens is 5. The van der Waals surface area contributed by atoms with Gasteiger partial charge in [0.15, 0.2) is 5.82 Å². The molecule has 122 valence electrons. The van der Waals surface area contributed by atoms with E-state index in [-0.39, 0.29) is 5.91 Å². The number of hydrogen-bond donors (Lipinski definition) is 1. The first-order valence-electron chi connectivity index (χ1n) is 8.04. The highest BCUT2D eigenvalue weighted by atomic mass is 16.2. The van der Waals surface area contributed by atoms with Gasteiger partial charge in [0, 0.05) is 42.7 Å². The second kappa shape index (κ2) is 6.27. The third-order valence-electron chi connectivity index (χ3n) is 4.50. The molecule has 1 fully saturated rings. The lowest BCUT2D eigenvalue weighted by molar-refractivity contribution is 0.0694. The lowest BCUT2D eigenvalue weighted by atomic mass is 10.0. The lowest BCUT2D eigenvalue weighted by Crippen LogP contribution is -2.38. The molecule has 4 rings (SSSR count). The third-order valence-corrected chi connectivity index (χ3v) is 4.50. The van der Waals surface area contributed by atoms with Crippen molar-refractivity contribution < 1.29 is 4.79 Å². The Hall–Kier alpha value is -2.96. The average Bonchev–Trinajstić information content (AvgIpc) is 3.35. The number of aromatic amines is 1. The predicted octanol–water partition coefficient (Wildman–Crippen LogP) is 2.15. The smallest absolute Gasteiger partial charge is 0.253 e. The summed E-state index contributed by atoms with van der Waals surface area (Å²) in [5.41, 5.74) is 1.55. The molecule has 1 aromatic carbocycles. The fourth-order valence-electron chi connectivity index (χ4n) is 3.18.